The van der Waals surface area contributed by atoms with Crippen molar-refractivity contribution >= 4 is 10.0 Å². The van der Waals surface area contributed by atoms with Crippen molar-refractivity contribution in [2.45, 2.75) is 31.8 Å². The Bertz CT molecular complexity index is 281. The predicted molar refractivity (Wildman–Crippen MR) is 57.6 cm³/mol. The first-order chi connectivity index (χ1) is 6.53. The second-order valence-corrected chi connectivity index (χ2v) is 5.52. The summed E-state index contributed by atoms with van der Waals surface area (Å²) >= 11 is 0. The molecule has 0 radical (unpaired) electrons. The molecule has 14 heavy (non-hydrogen) atoms. The summed E-state index contributed by atoms with van der Waals surface area (Å²) in [6.45, 7) is 6.23. The van der Waals surface area contributed by atoms with Crippen molar-refractivity contribution < 1.29 is 8.42 Å². The third-order valence-electron chi connectivity index (χ3n) is 2.30. The van der Waals surface area contributed by atoms with Gasteiger partial charge < -0.3 is 5.32 Å². The molecule has 2 unspecified atom stereocenters. The SMILES string of the molecule is C=CC(C)NS(=O)(=O)CC1CCCN1. The molecule has 0 saturated carbocycles. The van der Waals surface area contributed by atoms with Crippen LogP contribution in [-0.4, -0.2) is 32.8 Å². The van der Waals surface area contributed by atoms with Gasteiger partial charge in [-0.05, 0) is 26.3 Å². The van der Waals surface area contributed by atoms with Gasteiger partial charge in [0.05, 0.1) is 5.75 Å². The Morgan fingerprint density at radius 2 is 2.43 bits per heavy atom. The average molecular weight is 218 g/mol. The van der Waals surface area contributed by atoms with Gasteiger partial charge in [0.2, 0.25) is 10.0 Å². The minimum absolute atomic E-state index is 0.115. The zero-order valence-corrected chi connectivity index (χ0v) is 9.31. The number of rotatable bonds is 5. The molecule has 0 aliphatic carbocycles. The van der Waals surface area contributed by atoms with Crippen molar-refractivity contribution in [3.63, 3.8) is 0 Å². The van der Waals surface area contributed by atoms with E-state index in [9.17, 15) is 8.42 Å². The highest BCUT2D eigenvalue weighted by molar-refractivity contribution is 7.89. The van der Waals surface area contributed by atoms with Crippen molar-refractivity contribution in [2.24, 2.45) is 0 Å². The molecule has 1 heterocycles. The third kappa shape index (κ3) is 3.77. The van der Waals surface area contributed by atoms with Crippen molar-refractivity contribution in [3.8, 4) is 0 Å². The van der Waals surface area contributed by atoms with E-state index in [1.807, 2.05) is 0 Å². The highest BCUT2D eigenvalue weighted by Crippen LogP contribution is 2.07. The summed E-state index contributed by atoms with van der Waals surface area (Å²) in [7, 11) is -3.16. The second kappa shape index (κ2) is 4.91. The summed E-state index contributed by atoms with van der Waals surface area (Å²) in [6, 6.07) is -0.0779. The van der Waals surface area contributed by atoms with Gasteiger partial charge in [-0.3, -0.25) is 0 Å². The van der Waals surface area contributed by atoms with Crippen molar-refractivity contribution in [1.29, 1.82) is 0 Å². The van der Waals surface area contributed by atoms with Crippen LogP contribution in [0.25, 0.3) is 0 Å². The molecule has 4 nitrogen and oxygen atoms in total. The van der Waals surface area contributed by atoms with Crippen LogP contribution in [0.1, 0.15) is 19.8 Å². The summed E-state index contributed by atoms with van der Waals surface area (Å²) in [5.74, 6) is 0.172. The van der Waals surface area contributed by atoms with Crippen molar-refractivity contribution in [3.05, 3.63) is 12.7 Å². The smallest absolute Gasteiger partial charge is 0.213 e. The average Bonchev–Trinajstić information content (AvgIpc) is 2.54. The van der Waals surface area contributed by atoms with E-state index < -0.39 is 10.0 Å². The first kappa shape index (κ1) is 11.7. The quantitative estimate of drug-likeness (QED) is 0.650. The zero-order chi connectivity index (χ0) is 10.6. The summed E-state index contributed by atoms with van der Waals surface area (Å²) in [6.07, 6.45) is 3.60. The molecule has 2 atom stereocenters. The van der Waals surface area contributed by atoms with E-state index >= 15 is 0 Å². The van der Waals surface area contributed by atoms with Gasteiger partial charge in [0.15, 0.2) is 0 Å². The molecular formula is C9H18N2O2S. The van der Waals surface area contributed by atoms with Gasteiger partial charge in [0.25, 0.3) is 0 Å². The van der Waals surface area contributed by atoms with Crippen molar-refractivity contribution in [1.82, 2.24) is 10.0 Å². The van der Waals surface area contributed by atoms with Gasteiger partial charge in [0.1, 0.15) is 0 Å². The van der Waals surface area contributed by atoms with Crippen molar-refractivity contribution in [2.75, 3.05) is 12.3 Å². The third-order valence-corrected chi connectivity index (χ3v) is 3.87. The molecule has 1 aliphatic heterocycles. The highest BCUT2D eigenvalue weighted by Gasteiger charge is 2.22. The molecule has 0 aromatic heterocycles. The van der Waals surface area contributed by atoms with Crippen LogP contribution >= 0.6 is 0 Å². The summed E-state index contributed by atoms with van der Waals surface area (Å²) in [4.78, 5) is 0. The maximum Gasteiger partial charge on any atom is 0.213 e. The molecule has 2 N–H and O–H groups in total. The molecule has 82 valence electrons. The Morgan fingerprint density at radius 1 is 1.71 bits per heavy atom. The Hall–Kier alpha value is -0.390. The largest absolute Gasteiger partial charge is 0.313 e. The zero-order valence-electron chi connectivity index (χ0n) is 8.49. The summed E-state index contributed by atoms with van der Waals surface area (Å²) in [5, 5.41) is 3.16. The molecule has 1 aliphatic rings. The van der Waals surface area contributed by atoms with E-state index in [0.717, 1.165) is 19.4 Å². The maximum atomic E-state index is 11.6. The number of nitrogens with one attached hydrogen (secondary N) is 2. The molecule has 1 rings (SSSR count). The van der Waals surface area contributed by atoms with E-state index in [2.05, 4.69) is 16.6 Å². The molecule has 0 aromatic carbocycles. The molecule has 0 bridgehead atoms. The van der Waals surface area contributed by atoms with Crippen LogP contribution in [0, 0.1) is 0 Å². The van der Waals surface area contributed by atoms with Gasteiger partial charge in [-0.2, -0.15) is 0 Å². The lowest BCUT2D eigenvalue weighted by Gasteiger charge is -2.13. The Labute approximate surface area is 85.8 Å². The number of hydrogen-bond acceptors (Lipinski definition) is 3. The molecule has 0 spiro atoms. The van der Waals surface area contributed by atoms with Gasteiger partial charge in [-0.25, -0.2) is 13.1 Å². The fourth-order valence-electron chi connectivity index (χ4n) is 1.54. The Kier molecular flexibility index (Phi) is 4.10. The maximum absolute atomic E-state index is 11.6. The van der Waals surface area contributed by atoms with E-state index in [-0.39, 0.29) is 17.8 Å². The lowest BCUT2D eigenvalue weighted by atomic mass is 10.3. The number of sulfonamides is 1. The van der Waals surface area contributed by atoms with E-state index in [1.54, 1.807) is 13.0 Å². The van der Waals surface area contributed by atoms with Crippen LogP contribution in [0.4, 0.5) is 0 Å². The van der Waals surface area contributed by atoms with Gasteiger partial charge in [-0.15, -0.1) is 6.58 Å². The first-order valence-corrected chi connectivity index (χ1v) is 6.54. The van der Waals surface area contributed by atoms with Crippen LogP contribution in [0.2, 0.25) is 0 Å². The van der Waals surface area contributed by atoms with Gasteiger partial charge in [-0.1, -0.05) is 6.08 Å². The Balaban J connectivity index is 2.44. The molecule has 1 fully saturated rings. The van der Waals surface area contributed by atoms with Crippen LogP contribution in [-0.2, 0) is 10.0 Å². The van der Waals surface area contributed by atoms with Gasteiger partial charge >= 0.3 is 0 Å². The normalized spacial score (nSPS) is 24.8. The summed E-state index contributed by atoms with van der Waals surface area (Å²) < 4.78 is 25.7. The fraction of sp³-hybridized carbons (Fsp3) is 0.778. The van der Waals surface area contributed by atoms with E-state index in [1.165, 1.54) is 0 Å². The molecule has 1 saturated heterocycles. The molecule has 5 heteroatoms. The highest BCUT2D eigenvalue weighted by atomic mass is 32.2. The first-order valence-electron chi connectivity index (χ1n) is 4.89. The molecular weight excluding hydrogens is 200 g/mol. The van der Waals surface area contributed by atoms with Crippen LogP contribution < -0.4 is 10.0 Å². The minimum Gasteiger partial charge on any atom is -0.313 e. The molecule has 0 aromatic rings. The van der Waals surface area contributed by atoms with Gasteiger partial charge in [0, 0.05) is 12.1 Å². The Morgan fingerprint density at radius 3 is 2.93 bits per heavy atom. The standard InChI is InChI=1S/C9H18N2O2S/c1-3-8(2)11-14(12,13)7-9-5-4-6-10-9/h3,8-11H,1,4-7H2,2H3. The van der Waals surface area contributed by atoms with E-state index in [0.29, 0.717) is 0 Å². The predicted octanol–water partition coefficient (Wildman–Crippen LogP) is 0.232. The fourth-order valence-corrected chi connectivity index (χ4v) is 3.12. The van der Waals surface area contributed by atoms with Crippen LogP contribution in [0.3, 0.4) is 0 Å². The molecule has 0 amide bonds. The van der Waals surface area contributed by atoms with Crippen LogP contribution in [0.5, 0.6) is 0 Å². The monoisotopic (exact) mass is 218 g/mol. The second-order valence-electron chi connectivity index (χ2n) is 3.72. The number of hydrogen-bond donors (Lipinski definition) is 2. The minimum atomic E-state index is -3.16. The van der Waals surface area contributed by atoms with E-state index in [4.69, 9.17) is 0 Å². The summed E-state index contributed by atoms with van der Waals surface area (Å²) in [5.41, 5.74) is 0. The lowest BCUT2D eigenvalue weighted by molar-refractivity contribution is 0.559. The topological polar surface area (TPSA) is 58.2 Å². The lowest BCUT2D eigenvalue weighted by Crippen LogP contribution is -2.39. The van der Waals surface area contributed by atoms with Crippen LogP contribution in [0.15, 0.2) is 12.7 Å².